The first-order valence-electron chi connectivity index (χ1n) is 13.9. The second kappa shape index (κ2) is 10.5. The zero-order valence-corrected chi connectivity index (χ0v) is 21.8. The summed E-state index contributed by atoms with van der Waals surface area (Å²) in [5.74, 6) is -0.349. The molecule has 0 spiro atoms. The Hall–Kier alpha value is -2.72. The molecule has 1 aromatic heterocycles. The Balaban J connectivity index is 1.21. The minimum absolute atomic E-state index is 0.0513. The normalized spacial score (nSPS) is 28.7. The highest BCUT2D eigenvalue weighted by atomic mass is 16.5. The molecule has 4 aliphatic rings. The van der Waals surface area contributed by atoms with Crippen LogP contribution in [-0.4, -0.2) is 58.0 Å². The number of likely N-dealkylation sites (tertiary alicyclic amines) is 2. The van der Waals surface area contributed by atoms with Gasteiger partial charge in [-0.05, 0) is 61.2 Å². The number of hydrogen-bond donors (Lipinski definition) is 2. The topological polar surface area (TPSA) is 103 Å². The summed E-state index contributed by atoms with van der Waals surface area (Å²) in [6.07, 6.45) is 2.67. The number of fused-ring (bicyclic) bond motifs is 3. The van der Waals surface area contributed by atoms with E-state index in [2.05, 4.69) is 17.0 Å². The van der Waals surface area contributed by atoms with Crippen LogP contribution in [0.1, 0.15) is 62.2 Å². The van der Waals surface area contributed by atoms with Crippen molar-refractivity contribution in [3.63, 3.8) is 0 Å². The third kappa shape index (κ3) is 4.45. The van der Waals surface area contributed by atoms with Crippen molar-refractivity contribution in [1.29, 1.82) is 0 Å². The van der Waals surface area contributed by atoms with E-state index in [1.54, 1.807) is 17.0 Å². The van der Waals surface area contributed by atoms with Crippen molar-refractivity contribution in [3.05, 3.63) is 70.6 Å². The van der Waals surface area contributed by atoms with Crippen molar-refractivity contribution < 1.29 is 28.8 Å². The molecule has 8 nitrogen and oxygen atoms in total. The number of imide groups is 1. The lowest BCUT2D eigenvalue weighted by atomic mass is 9.55. The van der Waals surface area contributed by atoms with Gasteiger partial charge in [0.2, 0.25) is 11.8 Å². The van der Waals surface area contributed by atoms with Crippen LogP contribution in [0.5, 0.6) is 0 Å². The first kappa shape index (κ1) is 25.6. The number of carbonyl (C=O) groups excluding carboxylic acids is 2. The van der Waals surface area contributed by atoms with Gasteiger partial charge in [-0.2, -0.15) is 0 Å². The van der Waals surface area contributed by atoms with E-state index < -0.39 is 19.1 Å². The van der Waals surface area contributed by atoms with Crippen molar-refractivity contribution in [2.75, 3.05) is 13.1 Å². The summed E-state index contributed by atoms with van der Waals surface area (Å²) in [6.45, 7) is 4.37. The number of benzene rings is 1. The Kier molecular flexibility index (Phi) is 7.03. The van der Waals surface area contributed by atoms with Gasteiger partial charge in [-0.25, -0.2) is 0 Å². The van der Waals surface area contributed by atoms with Crippen LogP contribution < -0.4 is 0 Å². The highest BCUT2D eigenvalue weighted by Gasteiger charge is 2.59. The number of aliphatic hydroxyl groups excluding tert-OH is 1. The molecule has 200 valence electrons. The number of rotatable bonds is 6. The first-order valence-corrected chi connectivity index (χ1v) is 13.9. The monoisotopic (exact) mass is 518 g/mol. The lowest BCUT2D eigenvalue weighted by molar-refractivity contribution is -0.144. The summed E-state index contributed by atoms with van der Waals surface area (Å²) in [5, 5.41) is 20.5. The van der Waals surface area contributed by atoms with Crippen molar-refractivity contribution >= 4 is 18.9 Å². The second-order valence-electron chi connectivity index (χ2n) is 11.1. The van der Waals surface area contributed by atoms with Gasteiger partial charge >= 0.3 is 7.12 Å². The fourth-order valence-corrected chi connectivity index (χ4v) is 7.15. The van der Waals surface area contributed by atoms with Gasteiger partial charge in [0.15, 0.2) is 0 Å². The van der Waals surface area contributed by atoms with E-state index in [9.17, 15) is 19.7 Å². The molecule has 4 heterocycles. The fraction of sp³-hybridized carbons (Fsp3) is 0.517. The Morgan fingerprint density at radius 1 is 1.03 bits per heavy atom. The van der Waals surface area contributed by atoms with Crippen LogP contribution in [-0.2, 0) is 27.4 Å². The van der Waals surface area contributed by atoms with Gasteiger partial charge in [-0.15, -0.1) is 0 Å². The number of nitrogens with zero attached hydrogens (tertiary/aromatic N) is 2. The Labute approximate surface area is 223 Å². The Bertz CT molecular complexity index is 1220. The van der Waals surface area contributed by atoms with Gasteiger partial charge in [0.05, 0.1) is 11.8 Å². The number of allylic oxidation sites excluding steroid dienone is 2. The first-order chi connectivity index (χ1) is 18.5. The number of furan rings is 1. The average molecular weight is 518 g/mol. The number of piperidine rings is 1. The van der Waals surface area contributed by atoms with Crippen molar-refractivity contribution in [2.45, 2.75) is 64.3 Å². The highest BCUT2D eigenvalue weighted by molar-refractivity contribution is 6.53. The summed E-state index contributed by atoms with van der Waals surface area (Å²) in [7, 11) is -1.14. The van der Waals surface area contributed by atoms with Crippen LogP contribution >= 0.6 is 0 Å². The van der Waals surface area contributed by atoms with E-state index in [1.807, 2.05) is 25.1 Å². The predicted molar refractivity (Wildman–Crippen MR) is 140 cm³/mol. The van der Waals surface area contributed by atoms with Crippen molar-refractivity contribution in [2.24, 2.45) is 17.8 Å². The van der Waals surface area contributed by atoms with Crippen LogP contribution in [0.15, 0.2) is 57.9 Å². The Morgan fingerprint density at radius 3 is 2.47 bits per heavy atom. The molecular weight excluding hydrogens is 483 g/mol. The smallest absolute Gasteiger partial charge is 0.461 e. The zero-order valence-electron chi connectivity index (χ0n) is 21.8. The third-order valence-electron chi connectivity index (χ3n) is 9.00. The molecule has 2 amide bonds. The molecule has 4 atom stereocenters. The van der Waals surface area contributed by atoms with Crippen LogP contribution in [0.25, 0.3) is 0 Å². The quantitative estimate of drug-likeness (QED) is 0.447. The highest BCUT2D eigenvalue weighted by Crippen LogP contribution is 2.52. The van der Waals surface area contributed by atoms with Gasteiger partial charge < -0.3 is 19.2 Å². The molecular formula is C29H35BN2O6. The van der Waals surface area contributed by atoms with Gasteiger partial charge in [0, 0.05) is 25.7 Å². The molecule has 3 saturated heterocycles. The van der Waals surface area contributed by atoms with Crippen LogP contribution in [0, 0.1) is 17.8 Å². The molecule has 2 N–H and O–H groups in total. The molecule has 1 aromatic carbocycles. The average Bonchev–Trinajstić information content (AvgIpc) is 3.52. The molecule has 0 saturated carbocycles. The lowest BCUT2D eigenvalue weighted by Gasteiger charge is -2.41. The lowest BCUT2D eigenvalue weighted by Crippen LogP contribution is -2.48. The number of aliphatic hydroxyl groups is 1. The number of carbonyl (C=O) groups is 2. The summed E-state index contributed by atoms with van der Waals surface area (Å²) < 4.78 is 11.7. The van der Waals surface area contributed by atoms with Gasteiger partial charge in [-0.3, -0.25) is 19.4 Å². The maximum atomic E-state index is 14.0. The second-order valence-corrected chi connectivity index (χ2v) is 11.1. The molecule has 9 heteroatoms. The van der Waals surface area contributed by atoms with Crippen LogP contribution in [0.4, 0.5) is 0 Å². The molecule has 2 aromatic rings. The maximum Gasteiger partial charge on any atom is 0.487 e. The van der Waals surface area contributed by atoms with Crippen LogP contribution in [0.2, 0.25) is 0 Å². The largest absolute Gasteiger partial charge is 0.487 e. The molecule has 38 heavy (non-hydrogen) atoms. The molecule has 0 unspecified atom stereocenters. The van der Waals surface area contributed by atoms with Crippen LogP contribution in [0.3, 0.4) is 0 Å². The van der Waals surface area contributed by atoms with Gasteiger partial charge in [0.25, 0.3) is 0 Å². The van der Waals surface area contributed by atoms with E-state index in [4.69, 9.17) is 9.07 Å². The molecule has 3 fully saturated rings. The summed E-state index contributed by atoms with van der Waals surface area (Å²) >= 11 is 0. The van der Waals surface area contributed by atoms with Gasteiger partial charge in [-0.1, -0.05) is 42.8 Å². The Morgan fingerprint density at radius 2 is 1.79 bits per heavy atom. The third-order valence-corrected chi connectivity index (χ3v) is 9.00. The number of amides is 2. The molecule has 1 aliphatic carbocycles. The van der Waals surface area contributed by atoms with E-state index >= 15 is 0 Å². The fourth-order valence-electron chi connectivity index (χ4n) is 7.15. The summed E-state index contributed by atoms with van der Waals surface area (Å²) in [6, 6.07) is 13.7. The van der Waals surface area contributed by atoms with E-state index in [1.165, 1.54) is 5.56 Å². The summed E-state index contributed by atoms with van der Waals surface area (Å²) in [4.78, 5) is 31.7. The van der Waals surface area contributed by atoms with Crippen molar-refractivity contribution in [1.82, 2.24) is 9.80 Å². The molecule has 0 bridgehead atoms. The molecule has 0 radical (unpaired) electrons. The molecule has 6 rings (SSSR count). The maximum absolute atomic E-state index is 14.0. The minimum Gasteiger partial charge on any atom is -0.461 e. The standard InChI is InChI=1S/C29H35BN2O6/c1-2-19-14-23-26(22-15-25(38-30(36)27(19)22)24-9-8-21(17-33)37-24)29(35)32(28(23)34)20-10-12-31(13-11-20)16-18-6-4-3-5-7-18/h3-9,20,22-23,25-26,33,36H,2,10-17H2,1H3/t22-,23-,25-,26+/m0/s1. The number of hydrogen-bond acceptors (Lipinski definition) is 7. The van der Waals surface area contributed by atoms with Gasteiger partial charge in [0.1, 0.15) is 24.2 Å². The zero-order chi connectivity index (χ0) is 26.4. The van der Waals surface area contributed by atoms with E-state index in [-0.39, 0.29) is 36.3 Å². The molecule has 3 aliphatic heterocycles. The SMILES string of the molecule is CCC1=C2B(O)O[C@H](c3ccc(CO)o3)C[C@H]2[C@H]2C(=O)N(C3CCN(Cc4ccccc4)CC3)C(=O)[C@H]2C1. The predicted octanol–water partition coefficient (Wildman–Crippen LogP) is 3.25. The summed E-state index contributed by atoms with van der Waals surface area (Å²) in [5.41, 5.74) is 3.07. The minimum atomic E-state index is -1.14. The van der Waals surface area contributed by atoms with E-state index in [0.29, 0.717) is 30.8 Å². The van der Waals surface area contributed by atoms with E-state index in [0.717, 1.165) is 43.5 Å². The van der Waals surface area contributed by atoms with Crippen molar-refractivity contribution in [3.8, 4) is 0 Å².